The average molecular weight is 431 g/mol. The van der Waals surface area contributed by atoms with E-state index in [9.17, 15) is 4.79 Å². The molecule has 0 aliphatic rings. The van der Waals surface area contributed by atoms with Crippen molar-refractivity contribution in [2.24, 2.45) is 10.7 Å². The van der Waals surface area contributed by atoms with Crippen LogP contribution in [-0.2, 0) is 11.2 Å². The first-order chi connectivity index (χ1) is 15.3. The van der Waals surface area contributed by atoms with Crippen LogP contribution in [0.4, 0.5) is 0 Å². The molecule has 1 aromatic heterocycles. The Balaban J connectivity index is 1.70. The van der Waals surface area contributed by atoms with Crippen molar-refractivity contribution >= 4 is 17.8 Å². The number of benzene rings is 2. The number of hydrogen-bond acceptors (Lipinski definition) is 6. The van der Waals surface area contributed by atoms with Crippen molar-refractivity contribution in [3.63, 3.8) is 0 Å². The molecule has 0 aliphatic heterocycles. The Kier molecular flexibility index (Phi) is 7.28. The minimum atomic E-state index is -0.225. The quantitative estimate of drug-likeness (QED) is 0.460. The monoisotopic (exact) mass is 430 g/mol. The lowest BCUT2D eigenvalue weighted by molar-refractivity contribution is 0.0827. The minimum Gasteiger partial charge on any atom is -0.405 e. The summed E-state index contributed by atoms with van der Waals surface area (Å²) in [5, 5.41) is 8.26. The molecule has 32 heavy (non-hydrogen) atoms. The van der Waals surface area contributed by atoms with Gasteiger partial charge < -0.3 is 15.4 Å². The van der Waals surface area contributed by atoms with Gasteiger partial charge in [0.15, 0.2) is 0 Å². The second kappa shape index (κ2) is 10.3. The molecule has 2 aromatic carbocycles. The summed E-state index contributed by atoms with van der Waals surface area (Å²) in [6.45, 7) is 2.19. The highest BCUT2D eigenvalue weighted by Gasteiger charge is 2.14. The molecule has 0 atom stereocenters. The van der Waals surface area contributed by atoms with E-state index in [2.05, 4.69) is 15.0 Å². The van der Waals surface area contributed by atoms with Gasteiger partial charge in [-0.25, -0.2) is 9.98 Å². The normalized spacial score (nSPS) is 11.2. The van der Waals surface area contributed by atoms with Crippen LogP contribution < -0.4 is 5.73 Å². The number of aromatic nitrogens is 2. The van der Waals surface area contributed by atoms with Crippen LogP contribution in [0.3, 0.4) is 0 Å². The Morgan fingerprint density at radius 3 is 2.47 bits per heavy atom. The van der Waals surface area contributed by atoms with Crippen LogP contribution in [-0.4, -0.2) is 53.3 Å². The molecule has 0 spiro atoms. The molecule has 0 saturated carbocycles. The number of nitrogens with zero attached hydrogens (tertiary/aromatic N) is 4. The maximum absolute atomic E-state index is 12.1. The topological polar surface area (TPSA) is 118 Å². The first kappa shape index (κ1) is 22.6. The summed E-state index contributed by atoms with van der Waals surface area (Å²) in [6.07, 6.45) is 2.34. The molecular weight excluding hydrogens is 404 g/mol. The van der Waals surface area contributed by atoms with Gasteiger partial charge in [0.2, 0.25) is 5.90 Å². The predicted octanol–water partition coefficient (Wildman–Crippen LogP) is 3.05. The standard InChI is InChI=1S/C24H26N6O2/c1-16-21(22(25)32-24(26)27-14-13-17-7-5-4-6-8-17)29-20(15-28-16)18-9-11-19(12-10-18)23(31)30(2)3/h4-12,15,25H,13-14H2,1-3H3,(H2,26,27). The maximum atomic E-state index is 12.1. The number of aliphatic imine (C=N–C) groups is 1. The number of nitrogens with two attached hydrogens (primary N) is 1. The zero-order chi connectivity index (χ0) is 23.1. The van der Waals surface area contributed by atoms with E-state index in [-0.39, 0.29) is 23.5 Å². The molecular formula is C24H26N6O2. The third-order valence-electron chi connectivity index (χ3n) is 4.72. The number of amidine groups is 1. The van der Waals surface area contributed by atoms with E-state index in [4.69, 9.17) is 15.9 Å². The van der Waals surface area contributed by atoms with Gasteiger partial charge in [-0.1, -0.05) is 42.5 Å². The van der Waals surface area contributed by atoms with E-state index in [1.54, 1.807) is 51.5 Å². The summed E-state index contributed by atoms with van der Waals surface area (Å²) in [4.78, 5) is 26.6. The third kappa shape index (κ3) is 5.75. The summed E-state index contributed by atoms with van der Waals surface area (Å²) in [6, 6.07) is 16.9. The fourth-order valence-electron chi connectivity index (χ4n) is 2.97. The van der Waals surface area contributed by atoms with E-state index in [0.717, 1.165) is 17.5 Å². The number of ether oxygens (including phenoxy) is 1. The third-order valence-corrected chi connectivity index (χ3v) is 4.72. The van der Waals surface area contributed by atoms with Crippen LogP contribution in [0.25, 0.3) is 11.3 Å². The number of rotatable bonds is 6. The van der Waals surface area contributed by atoms with Gasteiger partial charge in [0.1, 0.15) is 5.69 Å². The van der Waals surface area contributed by atoms with Crippen molar-refractivity contribution in [2.45, 2.75) is 13.3 Å². The van der Waals surface area contributed by atoms with Crippen molar-refractivity contribution < 1.29 is 9.53 Å². The molecule has 0 bridgehead atoms. The largest absolute Gasteiger partial charge is 0.405 e. The zero-order valence-electron chi connectivity index (χ0n) is 18.4. The van der Waals surface area contributed by atoms with Crippen LogP contribution >= 0.6 is 0 Å². The molecule has 0 aliphatic carbocycles. The molecule has 1 heterocycles. The second-order valence-corrected chi connectivity index (χ2v) is 7.35. The SMILES string of the molecule is Cc1ncc(-c2ccc(C(=O)N(C)C)cc2)nc1C(=N)OC(N)=NCCc1ccccc1. The van der Waals surface area contributed by atoms with Gasteiger partial charge in [-0.3, -0.25) is 15.2 Å². The van der Waals surface area contributed by atoms with Crippen LogP contribution in [0, 0.1) is 12.3 Å². The number of carbonyl (C=O) groups is 1. The van der Waals surface area contributed by atoms with Crippen LogP contribution in [0.1, 0.15) is 27.3 Å². The highest BCUT2D eigenvalue weighted by atomic mass is 16.5. The van der Waals surface area contributed by atoms with E-state index < -0.39 is 0 Å². The van der Waals surface area contributed by atoms with Gasteiger partial charge in [0.05, 0.1) is 17.6 Å². The van der Waals surface area contributed by atoms with Gasteiger partial charge in [-0.2, -0.15) is 0 Å². The zero-order valence-corrected chi connectivity index (χ0v) is 18.4. The Bertz CT molecular complexity index is 1120. The van der Waals surface area contributed by atoms with Crippen molar-refractivity contribution in [3.05, 3.63) is 83.3 Å². The fraction of sp³-hybridized carbons (Fsp3) is 0.208. The molecule has 0 fully saturated rings. The van der Waals surface area contributed by atoms with Gasteiger partial charge in [-0.15, -0.1) is 0 Å². The molecule has 0 saturated heterocycles. The van der Waals surface area contributed by atoms with Crippen molar-refractivity contribution in [1.29, 1.82) is 5.41 Å². The molecule has 0 unspecified atom stereocenters. The van der Waals surface area contributed by atoms with Crippen LogP contribution in [0.5, 0.6) is 0 Å². The first-order valence-electron chi connectivity index (χ1n) is 10.1. The number of nitrogens with one attached hydrogen (secondary N) is 1. The summed E-state index contributed by atoms with van der Waals surface area (Å²) in [5.74, 6) is -0.304. The smallest absolute Gasteiger partial charge is 0.288 e. The number of aryl methyl sites for hydroxylation is 1. The van der Waals surface area contributed by atoms with Crippen molar-refractivity contribution in [1.82, 2.24) is 14.9 Å². The Morgan fingerprint density at radius 2 is 1.81 bits per heavy atom. The molecule has 164 valence electrons. The summed E-state index contributed by atoms with van der Waals surface area (Å²) < 4.78 is 5.38. The van der Waals surface area contributed by atoms with Crippen molar-refractivity contribution in [2.75, 3.05) is 20.6 Å². The Labute approximate surface area is 187 Å². The minimum absolute atomic E-state index is 0.0792. The molecule has 3 rings (SSSR count). The lowest BCUT2D eigenvalue weighted by Gasteiger charge is -2.11. The Hall–Kier alpha value is -4.07. The van der Waals surface area contributed by atoms with Gasteiger partial charge in [0, 0.05) is 31.8 Å². The molecule has 3 aromatic rings. The summed E-state index contributed by atoms with van der Waals surface area (Å²) >= 11 is 0. The average Bonchev–Trinajstić information content (AvgIpc) is 2.79. The van der Waals surface area contributed by atoms with Crippen molar-refractivity contribution in [3.8, 4) is 11.3 Å². The molecule has 8 heteroatoms. The summed E-state index contributed by atoms with van der Waals surface area (Å²) in [7, 11) is 3.41. The van der Waals surface area contributed by atoms with E-state index in [0.29, 0.717) is 23.5 Å². The highest BCUT2D eigenvalue weighted by molar-refractivity contribution is 5.98. The lowest BCUT2D eigenvalue weighted by atomic mass is 10.1. The fourth-order valence-corrected chi connectivity index (χ4v) is 2.97. The predicted molar refractivity (Wildman–Crippen MR) is 125 cm³/mol. The van der Waals surface area contributed by atoms with Crippen LogP contribution in [0.2, 0.25) is 0 Å². The van der Waals surface area contributed by atoms with E-state index in [1.807, 2.05) is 30.3 Å². The molecule has 8 nitrogen and oxygen atoms in total. The van der Waals surface area contributed by atoms with E-state index >= 15 is 0 Å². The maximum Gasteiger partial charge on any atom is 0.288 e. The Morgan fingerprint density at radius 1 is 1.12 bits per heavy atom. The number of amides is 1. The highest BCUT2D eigenvalue weighted by Crippen LogP contribution is 2.19. The van der Waals surface area contributed by atoms with Crippen LogP contribution in [0.15, 0.2) is 65.8 Å². The first-order valence-corrected chi connectivity index (χ1v) is 10.1. The van der Waals surface area contributed by atoms with Gasteiger partial charge >= 0.3 is 0 Å². The molecule has 1 amide bonds. The second-order valence-electron chi connectivity index (χ2n) is 7.35. The van der Waals surface area contributed by atoms with Gasteiger partial charge in [-0.05, 0) is 31.0 Å². The molecule has 0 radical (unpaired) electrons. The lowest BCUT2D eigenvalue weighted by Crippen LogP contribution is -2.23. The molecule has 3 N–H and O–H groups in total. The summed E-state index contributed by atoms with van der Waals surface area (Å²) in [5.41, 5.74) is 9.71. The van der Waals surface area contributed by atoms with Gasteiger partial charge in [0.25, 0.3) is 11.9 Å². The number of hydrogen-bond donors (Lipinski definition) is 2. The number of carbonyl (C=O) groups excluding carboxylic acids is 1. The van der Waals surface area contributed by atoms with E-state index in [1.165, 1.54) is 4.90 Å².